The summed E-state index contributed by atoms with van der Waals surface area (Å²) in [6.45, 7) is 6.69. The van der Waals surface area contributed by atoms with Crippen LogP contribution in [-0.2, 0) is 4.74 Å². The van der Waals surface area contributed by atoms with Crippen molar-refractivity contribution in [2.45, 2.75) is 45.3 Å². The second-order valence-electron chi connectivity index (χ2n) is 6.55. The molecule has 2 fully saturated rings. The van der Waals surface area contributed by atoms with Crippen LogP contribution in [0.25, 0.3) is 0 Å². The van der Waals surface area contributed by atoms with Crippen LogP contribution in [0.15, 0.2) is 0 Å². The highest BCUT2D eigenvalue weighted by Gasteiger charge is 2.32. The number of ether oxygens (including phenoxy) is 1. The van der Waals surface area contributed by atoms with Crippen LogP contribution < -0.4 is 15.5 Å². The Morgan fingerprint density at radius 1 is 1.12 bits per heavy atom. The van der Waals surface area contributed by atoms with Crippen molar-refractivity contribution >= 4 is 23.3 Å². The summed E-state index contributed by atoms with van der Waals surface area (Å²) >= 11 is 0. The number of hydrogen-bond acceptors (Lipinski definition) is 8. The van der Waals surface area contributed by atoms with Gasteiger partial charge in [-0.1, -0.05) is 0 Å². The van der Waals surface area contributed by atoms with Crippen LogP contribution >= 0.6 is 0 Å². The van der Waals surface area contributed by atoms with E-state index in [0.29, 0.717) is 24.9 Å². The summed E-state index contributed by atoms with van der Waals surface area (Å²) in [6.07, 6.45) is 3.28. The first kappa shape index (κ1) is 16.7. The molecule has 0 saturated carbocycles. The number of hydrogen-bond donors (Lipinski definition) is 1. The minimum absolute atomic E-state index is 0.0250. The molecule has 24 heavy (non-hydrogen) atoms. The van der Waals surface area contributed by atoms with Gasteiger partial charge in [0, 0.05) is 26.2 Å². The lowest BCUT2D eigenvalue weighted by Crippen LogP contribution is -2.46. The van der Waals surface area contributed by atoms with Crippen molar-refractivity contribution in [3.05, 3.63) is 10.1 Å². The maximum absolute atomic E-state index is 11.5. The van der Waals surface area contributed by atoms with Crippen molar-refractivity contribution in [3.63, 3.8) is 0 Å². The molecule has 0 spiro atoms. The molecule has 0 aliphatic carbocycles. The molecule has 2 saturated heterocycles. The van der Waals surface area contributed by atoms with Crippen LogP contribution in [0.3, 0.4) is 0 Å². The average molecular weight is 336 g/mol. The topological polar surface area (TPSA) is 111 Å². The molecule has 9 nitrogen and oxygen atoms in total. The van der Waals surface area contributed by atoms with Gasteiger partial charge in [0.25, 0.3) is 0 Å². The summed E-state index contributed by atoms with van der Waals surface area (Å²) < 4.78 is 5.72. The van der Waals surface area contributed by atoms with Crippen molar-refractivity contribution < 1.29 is 9.66 Å². The molecule has 0 amide bonds. The monoisotopic (exact) mass is 336 g/mol. The van der Waals surface area contributed by atoms with Gasteiger partial charge in [-0.3, -0.25) is 10.1 Å². The van der Waals surface area contributed by atoms with Crippen molar-refractivity contribution in [3.8, 4) is 0 Å². The lowest BCUT2D eigenvalue weighted by atomic mass is 10.1. The van der Waals surface area contributed by atoms with Crippen molar-refractivity contribution in [2.24, 2.45) is 0 Å². The number of nitrogens with zero attached hydrogens (tertiary/aromatic N) is 5. The molecule has 3 heterocycles. The molecule has 2 aliphatic rings. The van der Waals surface area contributed by atoms with Crippen LogP contribution in [0.2, 0.25) is 0 Å². The predicted octanol–water partition coefficient (Wildman–Crippen LogP) is 1.57. The number of nitrogen functional groups attached to an aromatic ring is 1. The predicted molar refractivity (Wildman–Crippen MR) is 91.4 cm³/mol. The Balaban J connectivity index is 2.00. The molecule has 3 rings (SSSR count). The third kappa shape index (κ3) is 3.35. The lowest BCUT2D eigenvalue weighted by Gasteiger charge is -2.36. The normalized spacial score (nSPS) is 24.9. The minimum Gasteiger partial charge on any atom is -0.378 e. The number of morpholine rings is 1. The first-order valence-corrected chi connectivity index (χ1v) is 8.43. The van der Waals surface area contributed by atoms with Crippen LogP contribution in [0, 0.1) is 10.1 Å². The highest BCUT2D eigenvalue weighted by Crippen LogP contribution is 2.34. The molecule has 1 aromatic heterocycles. The number of nitrogens with two attached hydrogens (primary N) is 1. The smallest absolute Gasteiger partial charge is 0.353 e. The fourth-order valence-corrected chi connectivity index (χ4v) is 3.43. The van der Waals surface area contributed by atoms with Gasteiger partial charge in [0.1, 0.15) is 0 Å². The van der Waals surface area contributed by atoms with E-state index in [1.807, 2.05) is 18.7 Å². The van der Waals surface area contributed by atoms with E-state index in [-0.39, 0.29) is 23.7 Å². The molecule has 0 aromatic carbocycles. The van der Waals surface area contributed by atoms with Gasteiger partial charge in [0.2, 0.25) is 17.6 Å². The summed E-state index contributed by atoms with van der Waals surface area (Å²) in [6, 6.07) is 0. The molecule has 9 heteroatoms. The Morgan fingerprint density at radius 2 is 1.75 bits per heavy atom. The molecule has 2 N–H and O–H groups in total. The number of aromatic nitrogens is 2. The minimum atomic E-state index is -0.491. The van der Waals surface area contributed by atoms with Gasteiger partial charge in [-0.25, -0.2) is 0 Å². The van der Waals surface area contributed by atoms with Gasteiger partial charge in [-0.15, -0.1) is 0 Å². The molecular weight excluding hydrogens is 312 g/mol. The maximum Gasteiger partial charge on any atom is 0.353 e. The van der Waals surface area contributed by atoms with E-state index in [1.54, 1.807) is 0 Å². The van der Waals surface area contributed by atoms with E-state index < -0.39 is 4.92 Å². The molecule has 132 valence electrons. The quantitative estimate of drug-likeness (QED) is 0.654. The first-order valence-electron chi connectivity index (χ1n) is 8.43. The Hall–Kier alpha value is -2.16. The van der Waals surface area contributed by atoms with Gasteiger partial charge in [0.15, 0.2) is 0 Å². The third-order valence-electron chi connectivity index (χ3n) is 4.42. The van der Waals surface area contributed by atoms with E-state index in [0.717, 1.165) is 25.9 Å². The molecule has 2 aliphatic heterocycles. The van der Waals surface area contributed by atoms with E-state index in [9.17, 15) is 10.1 Å². The molecule has 1 aromatic rings. The van der Waals surface area contributed by atoms with Crippen molar-refractivity contribution in [1.29, 1.82) is 0 Å². The second kappa shape index (κ2) is 6.76. The molecule has 2 atom stereocenters. The average Bonchev–Trinajstić information content (AvgIpc) is 2.53. The summed E-state index contributed by atoms with van der Waals surface area (Å²) in [7, 11) is 0. The molecular formula is C15H24N6O3. The van der Waals surface area contributed by atoms with E-state index in [2.05, 4.69) is 14.9 Å². The third-order valence-corrected chi connectivity index (χ3v) is 4.42. The largest absolute Gasteiger partial charge is 0.378 e. The Bertz CT molecular complexity index is 609. The summed E-state index contributed by atoms with van der Waals surface area (Å²) in [5, 5.41) is 11.5. The number of rotatable bonds is 3. The van der Waals surface area contributed by atoms with Crippen LogP contribution in [-0.4, -0.2) is 53.3 Å². The lowest BCUT2D eigenvalue weighted by molar-refractivity contribution is -0.383. The first-order chi connectivity index (χ1) is 11.5. The molecule has 0 bridgehead atoms. The highest BCUT2D eigenvalue weighted by atomic mass is 16.6. The maximum atomic E-state index is 11.5. The highest BCUT2D eigenvalue weighted by molar-refractivity contribution is 5.71. The summed E-state index contributed by atoms with van der Waals surface area (Å²) in [5.74, 6) is 0.715. The van der Waals surface area contributed by atoms with Gasteiger partial charge in [0.05, 0.1) is 17.1 Å². The number of nitro groups is 1. The number of anilines is 3. The van der Waals surface area contributed by atoms with E-state index >= 15 is 0 Å². The fraction of sp³-hybridized carbons (Fsp3) is 0.733. The Kier molecular flexibility index (Phi) is 4.70. The number of piperidine rings is 1. The Morgan fingerprint density at radius 3 is 2.33 bits per heavy atom. The van der Waals surface area contributed by atoms with Gasteiger partial charge in [-0.2, -0.15) is 9.97 Å². The van der Waals surface area contributed by atoms with E-state index in [1.165, 1.54) is 6.42 Å². The summed E-state index contributed by atoms with van der Waals surface area (Å²) in [4.78, 5) is 23.7. The van der Waals surface area contributed by atoms with Crippen LogP contribution in [0.5, 0.6) is 0 Å². The van der Waals surface area contributed by atoms with Crippen molar-refractivity contribution in [2.75, 3.05) is 41.7 Å². The van der Waals surface area contributed by atoms with Gasteiger partial charge in [-0.05, 0) is 33.1 Å². The zero-order valence-electron chi connectivity index (χ0n) is 14.1. The molecule has 0 radical (unpaired) electrons. The van der Waals surface area contributed by atoms with Crippen LogP contribution in [0.1, 0.15) is 33.1 Å². The van der Waals surface area contributed by atoms with Gasteiger partial charge < -0.3 is 20.3 Å². The van der Waals surface area contributed by atoms with Crippen LogP contribution in [0.4, 0.5) is 23.3 Å². The zero-order chi connectivity index (χ0) is 17.3. The SMILES string of the molecule is C[C@H]1CN(c2nc(N3CCCCC3)nc(N)c2[N+](=O)[O-])C[C@H](C)O1. The fourth-order valence-electron chi connectivity index (χ4n) is 3.43. The standard InChI is InChI=1S/C15H24N6O3/c1-10-8-20(9-11(2)24-10)14-12(21(22)23)13(16)17-15(18-14)19-6-4-3-5-7-19/h10-11H,3-9H2,1-2H3,(H2,16,17,18)/t10-,11-/m0/s1. The Labute approximate surface area is 140 Å². The summed E-state index contributed by atoms with van der Waals surface area (Å²) in [5.41, 5.74) is 5.72. The van der Waals surface area contributed by atoms with E-state index in [4.69, 9.17) is 10.5 Å². The second-order valence-corrected chi connectivity index (χ2v) is 6.55. The zero-order valence-corrected chi connectivity index (χ0v) is 14.1. The van der Waals surface area contributed by atoms with Crippen molar-refractivity contribution in [1.82, 2.24) is 9.97 Å². The van der Waals surface area contributed by atoms with Gasteiger partial charge >= 0.3 is 5.69 Å². The molecule has 0 unspecified atom stereocenters.